The van der Waals surface area contributed by atoms with Crippen LogP contribution in [0.4, 0.5) is 0 Å². The number of fused-ring (bicyclic) bond motifs is 1. The van der Waals surface area contributed by atoms with Crippen LogP contribution >= 0.6 is 12.4 Å². The Bertz CT molecular complexity index is 486. The third-order valence-corrected chi connectivity index (χ3v) is 4.03. The first-order valence-electron chi connectivity index (χ1n) is 6.40. The first-order chi connectivity index (χ1) is 9.15. The van der Waals surface area contributed by atoms with Gasteiger partial charge >= 0.3 is 6.67 Å². The van der Waals surface area contributed by atoms with E-state index in [4.69, 9.17) is 4.74 Å². The summed E-state index contributed by atoms with van der Waals surface area (Å²) in [5.74, 6) is 0.566. The largest absolute Gasteiger partial charge is 0.481 e. The van der Waals surface area contributed by atoms with E-state index in [0.717, 1.165) is 24.9 Å². The number of hydrogen-bond acceptors (Lipinski definition) is 5. The molecule has 2 saturated heterocycles. The third-order valence-electron chi connectivity index (χ3n) is 4.03. The zero-order valence-corrected chi connectivity index (χ0v) is 12.1. The molecular weight excluding hydrogens is 284 g/mol. The highest BCUT2D eigenvalue weighted by Gasteiger charge is 2.69. The van der Waals surface area contributed by atoms with Gasteiger partial charge in [0, 0.05) is 24.2 Å². The van der Waals surface area contributed by atoms with Crippen LogP contribution in [0.25, 0.3) is 0 Å². The van der Waals surface area contributed by atoms with Crippen molar-refractivity contribution in [2.75, 3.05) is 20.3 Å². The van der Waals surface area contributed by atoms with Crippen molar-refractivity contribution in [3.05, 3.63) is 34.0 Å². The summed E-state index contributed by atoms with van der Waals surface area (Å²) >= 11 is 0. The Balaban J connectivity index is 0.00000147. The van der Waals surface area contributed by atoms with Crippen LogP contribution in [0.5, 0.6) is 5.88 Å². The van der Waals surface area contributed by atoms with Gasteiger partial charge in [-0.15, -0.1) is 12.4 Å². The molecule has 8 heteroatoms. The Morgan fingerprint density at radius 2 is 2.40 bits per heavy atom. The maximum atomic E-state index is 10.9. The highest BCUT2D eigenvalue weighted by atomic mass is 35.5. The molecule has 2 aliphatic rings. The summed E-state index contributed by atoms with van der Waals surface area (Å²) in [6, 6.07) is 3.73. The van der Waals surface area contributed by atoms with E-state index in [1.165, 1.54) is 0 Å². The number of ether oxygens (including phenoxy) is 1. The molecule has 110 valence electrons. The Labute approximate surface area is 123 Å². The number of methoxy groups -OCH3 is 1. The minimum Gasteiger partial charge on any atom is -0.481 e. The maximum absolute atomic E-state index is 10.9. The van der Waals surface area contributed by atoms with Crippen LogP contribution in [0.1, 0.15) is 18.4 Å². The SMILES string of the molecule is COc1ccc(C[N+]2(C[N+](=O)[O-])C3CCCN32)cn1.Cl. The zero-order valence-electron chi connectivity index (χ0n) is 11.3. The molecule has 3 atom stereocenters. The molecule has 0 saturated carbocycles. The Kier molecular flexibility index (Phi) is 4.12. The minimum atomic E-state index is -0.213. The maximum Gasteiger partial charge on any atom is 0.347 e. The molecule has 2 fully saturated rings. The summed E-state index contributed by atoms with van der Waals surface area (Å²) < 4.78 is 5.48. The van der Waals surface area contributed by atoms with Crippen molar-refractivity contribution in [3.63, 3.8) is 0 Å². The number of aromatic nitrogens is 1. The lowest BCUT2D eigenvalue weighted by atomic mass is 10.2. The van der Waals surface area contributed by atoms with Crippen molar-refractivity contribution < 1.29 is 14.3 Å². The van der Waals surface area contributed by atoms with E-state index in [-0.39, 0.29) is 24.0 Å². The fraction of sp³-hybridized carbons (Fsp3) is 0.583. The molecule has 0 aliphatic carbocycles. The number of rotatable bonds is 5. The van der Waals surface area contributed by atoms with E-state index in [0.29, 0.717) is 23.2 Å². The summed E-state index contributed by atoms with van der Waals surface area (Å²) in [7, 11) is 1.57. The van der Waals surface area contributed by atoms with Gasteiger partial charge in [-0.25, -0.2) is 4.98 Å². The lowest BCUT2D eigenvalue weighted by Gasteiger charge is -2.17. The number of quaternary nitrogens is 1. The van der Waals surface area contributed by atoms with Crippen molar-refractivity contribution in [1.82, 2.24) is 9.99 Å². The van der Waals surface area contributed by atoms with E-state index in [2.05, 4.69) is 9.99 Å². The van der Waals surface area contributed by atoms with Crippen LogP contribution in [0, 0.1) is 10.1 Å². The van der Waals surface area contributed by atoms with Gasteiger partial charge in [0.25, 0.3) is 0 Å². The second-order valence-electron chi connectivity index (χ2n) is 5.11. The molecule has 0 amide bonds. The molecule has 20 heavy (non-hydrogen) atoms. The van der Waals surface area contributed by atoms with Crippen molar-refractivity contribution >= 4 is 12.4 Å². The van der Waals surface area contributed by atoms with E-state index in [9.17, 15) is 10.1 Å². The average molecular weight is 302 g/mol. The topological polar surface area (TPSA) is 68.3 Å². The highest BCUT2D eigenvalue weighted by molar-refractivity contribution is 5.85. The molecule has 2 aliphatic heterocycles. The third kappa shape index (κ3) is 2.44. The summed E-state index contributed by atoms with van der Waals surface area (Å²) in [6.45, 7) is 1.57. The summed E-state index contributed by atoms with van der Waals surface area (Å²) in [6.07, 6.45) is 4.27. The van der Waals surface area contributed by atoms with Gasteiger partial charge in [0.2, 0.25) is 12.0 Å². The van der Waals surface area contributed by atoms with Crippen LogP contribution < -0.4 is 4.74 Å². The van der Waals surface area contributed by atoms with Crippen molar-refractivity contribution in [2.24, 2.45) is 0 Å². The van der Waals surface area contributed by atoms with Gasteiger partial charge in [-0.3, -0.25) is 10.1 Å². The van der Waals surface area contributed by atoms with Crippen LogP contribution in [-0.2, 0) is 6.54 Å². The van der Waals surface area contributed by atoms with Gasteiger partial charge in [-0.2, -0.15) is 4.59 Å². The molecule has 0 spiro atoms. The van der Waals surface area contributed by atoms with E-state index >= 15 is 0 Å². The molecule has 0 radical (unpaired) electrons. The summed E-state index contributed by atoms with van der Waals surface area (Å²) in [4.78, 5) is 14.9. The van der Waals surface area contributed by atoms with Crippen LogP contribution in [0.3, 0.4) is 0 Å². The van der Waals surface area contributed by atoms with Crippen LogP contribution in [0.2, 0.25) is 0 Å². The van der Waals surface area contributed by atoms with Gasteiger partial charge < -0.3 is 4.74 Å². The van der Waals surface area contributed by atoms with E-state index in [1.54, 1.807) is 19.4 Å². The number of halogens is 1. The van der Waals surface area contributed by atoms with Gasteiger partial charge in [0.05, 0.1) is 18.6 Å². The molecule has 3 rings (SSSR count). The number of nitrogens with zero attached hydrogens (tertiary/aromatic N) is 4. The fourth-order valence-electron chi connectivity index (χ4n) is 3.18. The quantitative estimate of drug-likeness (QED) is 0.356. The normalized spacial score (nSPS) is 30.2. The number of hydrogen-bond donors (Lipinski definition) is 0. The first kappa shape index (κ1) is 15.0. The second-order valence-corrected chi connectivity index (χ2v) is 5.11. The molecule has 0 bridgehead atoms. The Hall–Kier alpha value is -1.44. The number of pyridine rings is 1. The van der Waals surface area contributed by atoms with Crippen molar-refractivity contribution in [2.45, 2.75) is 25.6 Å². The smallest absolute Gasteiger partial charge is 0.347 e. The summed E-state index contributed by atoms with van der Waals surface area (Å²) in [5.41, 5.74) is 1.01. The lowest BCUT2D eigenvalue weighted by molar-refractivity contribution is -0.962. The van der Waals surface area contributed by atoms with Crippen LogP contribution in [0.15, 0.2) is 18.3 Å². The van der Waals surface area contributed by atoms with E-state index in [1.807, 2.05) is 6.07 Å². The summed E-state index contributed by atoms with van der Waals surface area (Å²) in [5, 5.41) is 13.1. The van der Waals surface area contributed by atoms with Gasteiger partial charge in [0.1, 0.15) is 6.54 Å². The van der Waals surface area contributed by atoms with Crippen LogP contribution in [-0.4, -0.2) is 46.0 Å². The molecule has 3 heterocycles. The molecule has 1 aromatic rings. The minimum absolute atomic E-state index is 0. The molecule has 1 aromatic heterocycles. The zero-order chi connectivity index (χ0) is 13.5. The van der Waals surface area contributed by atoms with Gasteiger partial charge in [0.15, 0.2) is 0 Å². The molecule has 0 aromatic carbocycles. The molecule has 0 N–H and O–H groups in total. The standard InChI is InChI=1S/C12H17N4O3.ClH/c1-19-11-5-4-10(7-13-11)8-16(9-15(17)18)12-3-2-6-14(12)16;/h4-5,7,12H,2-3,6,8-9H2,1H3;1H/q+1;. The fourth-order valence-corrected chi connectivity index (χ4v) is 3.18. The lowest BCUT2D eigenvalue weighted by Crippen LogP contribution is -2.38. The molecular formula is C12H18ClN4O3+. The van der Waals surface area contributed by atoms with Crippen molar-refractivity contribution in [3.8, 4) is 5.88 Å². The molecule has 3 unspecified atom stereocenters. The predicted octanol–water partition coefficient (Wildman–Crippen LogP) is 1.41. The Morgan fingerprint density at radius 1 is 1.60 bits per heavy atom. The van der Waals surface area contributed by atoms with Crippen molar-refractivity contribution in [1.29, 1.82) is 0 Å². The molecule has 7 nitrogen and oxygen atoms in total. The van der Waals surface area contributed by atoms with Gasteiger partial charge in [-0.05, 0) is 12.5 Å². The number of nitro groups is 1. The average Bonchev–Trinajstić information content (AvgIpc) is 2.80. The predicted molar refractivity (Wildman–Crippen MR) is 73.6 cm³/mol. The van der Waals surface area contributed by atoms with Gasteiger partial charge in [-0.1, -0.05) is 5.01 Å². The van der Waals surface area contributed by atoms with E-state index < -0.39 is 0 Å². The highest BCUT2D eigenvalue weighted by Crippen LogP contribution is 2.47. The monoisotopic (exact) mass is 301 g/mol. The first-order valence-corrected chi connectivity index (χ1v) is 6.40. The Morgan fingerprint density at radius 3 is 2.90 bits per heavy atom. The second kappa shape index (κ2) is 5.51.